The molecular formula is C25H35NO2. The fraction of sp³-hybridized carbons (Fsp3) is 0.520. The van der Waals surface area contributed by atoms with Gasteiger partial charge >= 0.3 is 0 Å². The van der Waals surface area contributed by atoms with E-state index in [1.807, 2.05) is 24.3 Å². The third-order valence-electron chi connectivity index (χ3n) is 5.54. The summed E-state index contributed by atoms with van der Waals surface area (Å²) in [6, 6.07) is 12.0. The quantitative estimate of drug-likeness (QED) is 0.130. The Morgan fingerprint density at radius 3 is 2.00 bits per heavy atom. The number of ketones is 1. The van der Waals surface area contributed by atoms with Gasteiger partial charge in [-0.25, -0.2) is 0 Å². The maximum atomic E-state index is 12.5. The number of unbranched alkanes of at least 4 members (excludes halogenated alkanes) is 9. The van der Waals surface area contributed by atoms with Gasteiger partial charge in [-0.2, -0.15) is 0 Å². The number of Topliss-reactive ketones (excluding diaryl/α,β-unsaturated/α-hetero) is 1. The Morgan fingerprint density at radius 2 is 1.39 bits per heavy atom. The maximum absolute atomic E-state index is 12.5. The van der Waals surface area contributed by atoms with Gasteiger partial charge in [-0.05, 0) is 36.1 Å². The molecule has 0 heterocycles. The predicted octanol–water partition coefficient (Wildman–Crippen LogP) is 7.34. The average Bonchev–Trinajstić information content (AvgIpc) is 2.74. The van der Waals surface area contributed by atoms with Crippen molar-refractivity contribution in [1.29, 1.82) is 0 Å². The highest BCUT2D eigenvalue weighted by Gasteiger charge is 2.15. The molecule has 0 radical (unpaired) electrons. The zero-order valence-corrected chi connectivity index (χ0v) is 17.5. The van der Waals surface area contributed by atoms with E-state index in [1.54, 1.807) is 0 Å². The van der Waals surface area contributed by atoms with Crippen LogP contribution < -0.4 is 0 Å². The molecule has 28 heavy (non-hydrogen) atoms. The summed E-state index contributed by atoms with van der Waals surface area (Å²) in [5.41, 5.74) is 2.02. The lowest BCUT2D eigenvalue weighted by Gasteiger charge is -2.11. The highest BCUT2D eigenvalue weighted by atomic mass is 16.4. The lowest BCUT2D eigenvalue weighted by molar-refractivity contribution is 0.106. The molecule has 3 heteroatoms. The van der Waals surface area contributed by atoms with Crippen LogP contribution in [0, 0.1) is 0 Å². The van der Waals surface area contributed by atoms with Crippen LogP contribution in [0.1, 0.15) is 94.0 Å². The third-order valence-corrected chi connectivity index (χ3v) is 5.54. The fourth-order valence-electron chi connectivity index (χ4n) is 3.82. The molecule has 2 aromatic rings. The standard InChI is InChI=1S/C25H35NO2/c1-3-4-5-6-7-8-9-10-11-12-15-21-18-19-24(25(27)20(2)26-28)23-17-14-13-16-22(21)23/h13-14,16-19,28H,3-12,15H2,1-2H3. The molecule has 0 atom stereocenters. The molecule has 2 rings (SSSR count). The smallest absolute Gasteiger partial charge is 0.210 e. The number of benzene rings is 2. The zero-order chi connectivity index (χ0) is 20.2. The first kappa shape index (κ1) is 22.1. The lowest BCUT2D eigenvalue weighted by atomic mass is 9.93. The molecular weight excluding hydrogens is 346 g/mol. The van der Waals surface area contributed by atoms with Crippen molar-refractivity contribution in [2.45, 2.75) is 84.5 Å². The molecule has 0 saturated heterocycles. The highest BCUT2D eigenvalue weighted by molar-refractivity contribution is 6.47. The maximum Gasteiger partial charge on any atom is 0.210 e. The van der Waals surface area contributed by atoms with Crippen molar-refractivity contribution in [3.63, 3.8) is 0 Å². The summed E-state index contributed by atoms with van der Waals surface area (Å²) in [6.45, 7) is 3.80. The van der Waals surface area contributed by atoms with Crippen LogP contribution in [-0.2, 0) is 6.42 Å². The Hall–Kier alpha value is -2.16. The number of fused-ring (bicyclic) bond motifs is 1. The van der Waals surface area contributed by atoms with Crippen molar-refractivity contribution in [2.24, 2.45) is 5.16 Å². The van der Waals surface area contributed by atoms with Crippen LogP contribution in [0.5, 0.6) is 0 Å². The molecule has 0 bridgehead atoms. The van der Waals surface area contributed by atoms with Gasteiger partial charge in [-0.15, -0.1) is 0 Å². The summed E-state index contributed by atoms with van der Waals surface area (Å²) in [5.74, 6) is -0.218. The number of carbonyl (C=O) groups is 1. The van der Waals surface area contributed by atoms with E-state index in [0.29, 0.717) is 5.56 Å². The van der Waals surface area contributed by atoms with E-state index in [0.717, 1.165) is 17.2 Å². The molecule has 0 fully saturated rings. The largest absolute Gasteiger partial charge is 0.411 e. The first-order chi connectivity index (χ1) is 13.7. The summed E-state index contributed by atoms with van der Waals surface area (Å²) in [6.07, 6.45) is 14.4. The molecule has 0 aliphatic carbocycles. The third kappa shape index (κ3) is 6.47. The van der Waals surface area contributed by atoms with Crippen LogP contribution in [0.3, 0.4) is 0 Å². The molecule has 152 valence electrons. The number of carbonyl (C=O) groups excluding carboxylic acids is 1. The fourth-order valence-corrected chi connectivity index (χ4v) is 3.82. The van der Waals surface area contributed by atoms with Crippen molar-refractivity contribution >= 4 is 22.3 Å². The molecule has 0 saturated carbocycles. The van der Waals surface area contributed by atoms with Gasteiger partial charge in [0.2, 0.25) is 5.78 Å². The SMILES string of the molecule is CCCCCCCCCCCCc1ccc(C(=O)C(C)=NO)c2ccccc12. The summed E-state index contributed by atoms with van der Waals surface area (Å²) >= 11 is 0. The van der Waals surface area contributed by atoms with Crippen LogP contribution in [0.2, 0.25) is 0 Å². The molecule has 0 amide bonds. The normalized spacial score (nSPS) is 11.9. The second kappa shape index (κ2) is 12.3. The molecule has 0 spiro atoms. The van der Waals surface area contributed by atoms with Gasteiger partial charge in [0.1, 0.15) is 5.71 Å². The highest BCUT2D eigenvalue weighted by Crippen LogP contribution is 2.25. The van der Waals surface area contributed by atoms with E-state index in [4.69, 9.17) is 5.21 Å². The van der Waals surface area contributed by atoms with E-state index in [2.05, 4.69) is 24.2 Å². The Kier molecular flexibility index (Phi) is 9.74. The van der Waals surface area contributed by atoms with Crippen molar-refractivity contribution in [1.82, 2.24) is 0 Å². The van der Waals surface area contributed by atoms with Gasteiger partial charge in [0.25, 0.3) is 0 Å². The van der Waals surface area contributed by atoms with Crippen LogP contribution in [-0.4, -0.2) is 16.7 Å². The van der Waals surface area contributed by atoms with Gasteiger partial charge in [0.05, 0.1) is 0 Å². The Bertz CT molecular complexity index is 779. The first-order valence-corrected chi connectivity index (χ1v) is 10.9. The zero-order valence-electron chi connectivity index (χ0n) is 17.5. The van der Waals surface area contributed by atoms with Crippen molar-refractivity contribution in [2.75, 3.05) is 0 Å². The van der Waals surface area contributed by atoms with Crippen LogP contribution in [0.25, 0.3) is 10.8 Å². The number of nitrogens with zero attached hydrogens (tertiary/aromatic N) is 1. The number of rotatable bonds is 13. The van der Waals surface area contributed by atoms with Gasteiger partial charge in [0, 0.05) is 5.56 Å². The van der Waals surface area contributed by atoms with Crippen molar-refractivity contribution < 1.29 is 10.0 Å². The second-order valence-corrected chi connectivity index (χ2v) is 7.76. The summed E-state index contributed by atoms with van der Waals surface area (Å²) in [4.78, 5) is 12.5. The van der Waals surface area contributed by atoms with Gasteiger partial charge in [-0.1, -0.05) is 106 Å². The van der Waals surface area contributed by atoms with E-state index in [9.17, 15) is 4.79 Å². The minimum atomic E-state index is -0.218. The second-order valence-electron chi connectivity index (χ2n) is 7.76. The van der Waals surface area contributed by atoms with E-state index in [-0.39, 0.29) is 11.5 Å². The number of aryl methyl sites for hydroxylation is 1. The van der Waals surface area contributed by atoms with E-state index in [1.165, 1.54) is 76.7 Å². The van der Waals surface area contributed by atoms with Gasteiger partial charge in [0.15, 0.2) is 0 Å². The van der Waals surface area contributed by atoms with Gasteiger partial charge in [-0.3, -0.25) is 4.79 Å². The minimum Gasteiger partial charge on any atom is -0.411 e. The molecule has 1 N–H and O–H groups in total. The topological polar surface area (TPSA) is 49.7 Å². The molecule has 0 aromatic heterocycles. The Morgan fingerprint density at radius 1 is 0.821 bits per heavy atom. The Labute approximate surface area is 169 Å². The van der Waals surface area contributed by atoms with E-state index >= 15 is 0 Å². The number of oxime groups is 1. The minimum absolute atomic E-state index is 0.118. The van der Waals surface area contributed by atoms with Crippen LogP contribution >= 0.6 is 0 Å². The average molecular weight is 382 g/mol. The van der Waals surface area contributed by atoms with Gasteiger partial charge < -0.3 is 5.21 Å². The molecule has 0 aliphatic rings. The number of hydrogen-bond acceptors (Lipinski definition) is 3. The summed E-state index contributed by atoms with van der Waals surface area (Å²) in [7, 11) is 0. The monoisotopic (exact) mass is 381 g/mol. The molecule has 3 nitrogen and oxygen atoms in total. The number of hydrogen-bond donors (Lipinski definition) is 1. The predicted molar refractivity (Wildman–Crippen MR) is 119 cm³/mol. The molecule has 0 unspecified atom stereocenters. The van der Waals surface area contributed by atoms with E-state index < -0.39 is 0 Å². The molecule has 2 aromatic carbocycles. The lowest BCUT2D eigenvalue weighted by Crippen LogP contribution is -2.11. The Balaban J connectivity index is 1.86. The summed E-state index contributed by atoms with van der Waals surface area (Å²) in [5, 5.41) is 14.1. The van der Waals surface area contributed by atoms with Crippen LogP contribution in [0.4, 0.5) is 0 Å². The summed E-state index contributed by atoms with van der Waals surface area (Å²) < 4.78 is 0. The van der Waals surface area contributed by atoms with Crippen molar-refractivity contribution in [3.05, 3.63) is 47.5 Å². The van der Waals surface area contributed by atoms with Crippen LogP contribution in [0.15, 0.2) is 41.6 Å². The molecule has 0 aliphatic heterocycles. The van der Waals surface area contributed by atoms with Crippen molar-refractivity contribution in [3.8, 4) is 0 Å². The first-order valence-electron chi connectivity index (χ1n) is 10.9.